The molecule has 0 fully saturated rings. The average Bonchev–Trinajstić information content (AvgIpc) is 1.87. The van der Waals surface area contributed by atoms with Crippen LogP contribution in [-0.4, -0.2) is 24.8 Å². The number of methoxy groups -OCH3 is 1. The number of hydrogen-bond donors (Lipinski definition) is 1. The predicted octanol–water partition coefficient (Wildman–Crippen LogP) is 0.868. The van der Waals surface area contributed by atoms with Crippen LogP contribution in [0, 0.1) is 6.42 Å². The van der Waals surface area contributed by atoms with Crippen LogP contribution in [0.3, 0.4) is 0 Å². The molecule has 0 unspecified atom stereocenters. The van der Waals surface area contributed by atoms with Gasteiger partial charge in [-0.25, -0.2) is 4.79 Å². The molecule has 3 heteroatoms. The molecule has 0 heterocycles. The lowest BCUT2D eigenvalue weighted by molar-refractivity contribution is -0.131. The lowest BCUT2D eigenvalue weighted by Crippen LogP contribution is -1.89. The summed E-state index contributed by atoms with van der Waals surface area (Å²) in [5, 5.41) is 8.14. The van der Waals surface area contributed by atoms with Gasteiger partial charge in [0.2, 0.25) is 0 Å². The first-order valence-electron chi connectivity index (χ1n) is 2.97. The van der Waals surface area contributed by atoms with Gasteiger partial charge in [0.25, 0.3) is 0 Å². The van der Waals surface area contributed by atoms with Crippen molar-refractivity contribution in [2.75, 3.05) is 13.7 Å². The highest BCUT2D eigenvalue weighted by Gasteiger charge is 1.85. The summed E-state index contributed by atoms with van der Waals surface area (Å²) in [6.45, 7) is 0.559. The van der Waals surface area contributed by atoms with Gasteiger partial charge in [-0.05, 0) is 12.8 Å². The molecular weight excluding hydrogens is 132 g/mol. The summed E-state index contributed by atoms with van der Waals surface area (Å²) < 4.78 is 4.71. The summed E-state index contributed by atoms with van der Waals surface area (Å²) in [6, 6.07) is 0. The molecule has 1 radical (unpaired) electrons. The van der Waals surface area contributed by atoms with Crippen LogP contribution in [0.15, 0.2) is 12.2 Å². The number of carboxylic acids is 1. The van der Waals surface area contributed by atoms with E-state index in [0.29, 0.717) is 13.0 Å². The number of unbranched alkanes of at least 4 members (excludes halogenated alkanes) is 1. The zero-order valence-corrected chi connectivity index (χ0v) is 5.91. The number of allylic oxidation sites excluding steroid dienone is 1. The second kappa shape index (κ2) is 6.29. The number of ether oxygens (including phenoxy) is 1. The fraction of sp³-hybridized carbons (Fsp3) is 0.429. The number of carboxylic acid groups (broad SMARTS) is 1. The van der Waals surface area contributed by atoms with Crippen LogP contribution in [-0.2, 0) is 9.53 Å². The maximum atomic E-state index is 9.90. The summed E-state index contributed by atoms with van der Waals surface area (Å²) in [6.07, 6.45) is 5.17. The Balaban J connectivity index is 3.10. The van der Waals surface area contributed by atoms with Gasteiger partial charge in [0.15, 0.2) is 0 Å². The molecular formula is C7H11O3. The molecule has 57 valence electrons. The van der Waals surface area contributed by atoms with E-state index in [1.165, 1.54) is 0 Å². The Labute approximate surface area is 60.3 Å². The number of aliphatic carboxylic acids is 1. The Morgan fingerprint density at radius 1 is 1.70 bits per heavy atom. The second-order valence-corrected chi connectivity index (χ2v) is 1.72. The van der Waals surface area contributed by atoms with E-state index in [1.54, 1.807) is 13.2 Å². The van der Waals surface area contributed by atoms with Gasteiger partial charge in [0, 0.05) is 19.8 Å². The van der Waals surface area contributed by atoms with Crippen LogP contribution in [0.1, 0.15) is 6.42 Å². The minimum Gasteiger partial charge on any atom is -0.478 e. The average molecular weight is 143 g/mol. The molecule has 3 nitrogen and oxygen atoms in total. The Kier molecular flexibility index (Phi) is 5.77. The van der Waals surface area contributed by atoms with E-state index >= 15 is 0 Å². The normalized spacial score (nSPS) is 10.5. The molecule has 0 bridgehead atoms. The first-order chi connectivity index (χ1) is 4.77. The van der Waals surface area contributed by atoms with Crippen molar-refractivity contribution in [2.45, 2.75) is 6.42 Å². The van der Waals surface area contributed by atoms with Gasteiger partial charge in [-0.3, -0.25) is 0 Å². The largest absolute Gasteiger partial charge is 0.478 e. The van der Waals surface area contributed by atoms with E-state index in [1.807, 2.05) is 6.42 Å². The number of hydrogen-bond acceptors (Lipinski definition) is 2. The summed E-state index contributed by atoms with van der Waals surface area (Å²) in [7, 11) is 1.59. The molecule has 0 aromatic carbocycles. The van der Waals surface area contributed by atoms with E-state index in [9.17, 15) is 4.79 Å². The maximum Gasteiger partial charge on any atom is 0.327 e. The molecule has 0 aliphatic carbocycles. The molecule has 0 aromatic rings. The van der Waals surface area contributed by atoms with Crippen molar-refractivity contribution in [2.24, 2.45) is 0 Å². The zero-order valence-electron chi connectivity index (χ0n) is 5.91. The third-order valence-corrected chi connectivity index (χ3v) is 0.848. The molecule has 1 N–H and O–H groups in total. The Morgan fingerprint density at radius 2 is 2.40 bits per heavy atom. The van der Waals surface area contributed by atoms with E-state index in [4.69, 9.17) is 9.84 Å². The van der Waals surface area contributed by atoms with Crippen LogP contribution >= 0.6 is 0 Å². The standard InChI is InChI=1S/C7H11O3/c1-10-6-4-2-3-5-7(8)9/h3-5H,2,6H2,1H3,(H,8,9). The van der Waals surface area contributed by atoms with Gasteiger partial charge in [0.05, 0.1) is 0 Å². The van der Waals surface area contributed by atoms with Crippen LogP contribution in [0.2, 0.25) is 0 Å². The molecule has 0 aliphatic heterocycles. The molecule has 0 rings (SSSR count). The summed E-state index contributed by atoms with van der Waals surface area (Å²) >= 11 is 0. The van der Waals surface area contributed by atoms with Crippen LogP contribution in [0.4, 0.5) is 0 Å². The predicted molar refractivity (Wildman–Crippen MR) is 37.6 cm³/mol. The molecule has 10 heavy (non-hydrogen) atoms. The summed E-state index contributed by atoms with van der Waals surface area (Å²) in [5.74, 6) is -0.911. The first-order valence-corrected chi connectivity index (χ1v) is 2.97. The Hall–Kier alpha value is -0.830. The monoisotopic (exact) mass is 143 g/mol. The van der Waals surface area contributed by atoms with E-state index in [0.717, 1.165) is 6.08 Å². The minimum absolute atomic E-state index is 0.559. The van der Waals surface area contributed by atoms with Gasteiger partial charge >= 0.3 is 5.97 Å². The van der Waals surface area contributed by atoms with Crippen molar-refractivity contribution in [1.82, 2.24) is 0 Å². The maximum absolute atomic E-state index is 9.90. The second-order valence-electron chi connectivity index (χ2n) is 1.72. The van der Waals surface area contributed by atoms with E-state index in [-0.39, 0.29) is 0 Å². The highest BCUT2D eigenvalue weighted by molar-refractivity contribution is 5.79. The first kappa shape index (κ1) is 9.17. The number of rotatable bonds is 5. The van der Waals surface area contributed by atoms with Gasteiger partial charge < -0.3 is 9.84 Å². The lowest BCUT2D eigenvalue weighted by Gasteiger charge is -1.91. The highest BCUT2D eigenvalue weighted by Crippen LogP contribution is 1.88. The molecule has 0 spiro atoms. The van der Waals surface area contributed by atoms with Crippen molar-refractivity contribution in [1.29, 1.82) is 0 Å². The van der Waals surface area contributed by atoms with Crippen LogP contribution < -0.4 is 0 Å². The SMILES string of the molecule is COC[CH]CC=CC(=O)O. The van der Waals surface area contributed by atoms with Crippen LogP contribution in [0.25, 0.3) is 0 Å². The molecule has 0 aromatic heterocycles. The van der Waals surface area contributed by atoms with Crippen molar-refractivity contribution < 1.29 is 14.6 Å². The molecule has 0 aliphatic rings. The van der Waals surface area contributed by atoms with Crippen molar-refractivity contribution >= 4 is 5.97 Å². The third kappa shape index (κ3) is 7.17. The van der Waals surface area contributed by atoms with E-state index in [2.05, 4.69) is 0 Å². The van der Waals surface area contributed by atoms with Gasteiger partial charge in [-0.1, -0.05) is 6.08 Å². The zero-order chi connectivity index (χ0) is 7.82. The molecule has 0 saturated heterocycles. The van der Waals surface area contributed by atoms with Crippen molar-refractivity contribution in [3.63, 3.8) is 0 Å². The topological polar surface area (TPSA) is 46.5 Å². The summed E-state index contributed by atoms with van der Waals surface area (Å²) in [4.78, 5) is 9.90. The molecule has 0 saturated carbocycles. The molecule has 0 atom stereocenters. The number of carbonyl (C=O) groups is 1. The van der Waals surface area contributed by atoms with E-state index < -0.39 is 5.97 Å². The quantitative estimate of drug-likeness (QED) is 0.458. The fourth-order valence-electron chi connectivity index (χ4n) is 0.451. The van der Waals surface area contributed by atoms with Crippen LogP contribution in [0.5, 0.6) is 0 Å². The van der Waals surface area contributed by atoms with Gasteiger partial charge in [-0.15, -0.1) is 0 Å². The smallest absolute Gasteiger partial charge is 0.327 e. The Morgan fingerprint density at radius 3 is 2.90 bits per heavy atom. The van der Waals surface area contributed by atoms with Gasteiger partial charge in [-0.2, -0.15) is 0 Å². The Bertz CT molecular complexity index is 118. The lowest BCUT2D eigenvalue weighted by atomic mass is 10.3. The van der Waals surface area contributed by atoms with Crippen molar-refractivity contribution in [3.8, 4) is 0 Å². The minimum atomic E-state index is -0.911. The summed E-state index contributed by atoms with van der Waals surface area (Å²) in [5.41, 5.74) is 0. The van der Waals surface area contributed by atoms with Crippen molar-refractivity contribution in [3.05, 3.63) is 18.6 Å². The van der Waals surface area contributed by atoms with Gasteiger partial charge in [0.1, 0.15) is 0 Å². The molecule has 0 amide bonds. The third-order valence-electron chi connectivity index (χ3n) is 0.848. The fourth-order valence-corrected chi connectivity index (χ4v) is 0.451. The highest BCUT2D eigenvalue weighted by atomic mass is 16.5.